The number of aliphatic hydroxyl groups is 1. The Bertz CT molecular complexity index is 1020. The number of carboxylic acid groups (broad SMARTS) is 1. The third kappa shape index (κ3) is 5.17. The van der Waals surface area contributed by atoms with E-state index in [-0.39, 0.29) is 12.5 Å². The van der Waals surface area contributed by atoms with Crippen LogP contribution in [-0.4, -0.2) is 53.0 Å². The fourth-order valence-electron chi connectivity index (χ4n) is 4.16. The number of carboxylic acids is 1. The van der Waals surface area contributed by atoms with Crippen molar-refractivity contribution in [3.8, 4) is 11.1 Å². The zero-order chi connectivity index (χ0) is 23.6. The molecule has 0 aliphatic heterocycles. The molecule has 2 unspecified atom stereocenters. The van der Waals surface area contributed by atoms with Crippen LogP contribution < -0.4 is 10.6 Å². The van der Waals surface area contributed by atoms with Gasteiger partial charge in [0, 0.05) is 5.92 Å². The summed E-state index contributed by atoms with van der Waals surface area (Å²) in [6, 6.07) is 15.2. The van der Waals surface area contributed by atoms with E-state index in [4.69, 9.17) is 9.84 Å². The maximum atomic E-state index is 12.6. The number of benzene rings is 2. The first-order chi connectivity index (χ1) is 15.8. The second-order valence-electron chi connectivity index (χ2n) is 9.00. The van der Waals surface area contributed by atoms with Gasteiger partial charge in [-0.15, -0.1) is 0 Å². The summed E-state index contributed by atoms with van der Waals surface area (Å²) < 4.78 is 5.53. The summed E-state index contributed by atoms with van der Waals surface area (Å²) in [6.45, 7) is 0.768. The highest BCUT2D eigenvalue weighted by atomic mass is 16.5. The number of rotatable bonds is 9. The van der Waals surface area contributed by atoms with Crippen LogP contribution in [0.4, 0.5) is 4.79 Å². The number of carbonyl (C=O) groups excluding carboxylic acids is 2. The van der Waals surface area contributed by atoms with Crippen LogP contribution in [0.2, 0.25) is 0 Å². The fourth-order valence-corrected chi connectivity index (χ4v) is 4.16. The van der Waals surface area contributed by atoms with Crippen molar-refractivity contribution in [2.45, 2.75) is 43.7 Å². The van der Waals surface area contributed by atoms with Crippen molar-refractivity contribution in [1.82, 2.24) is 10.6 Å². The highest BCUT2D eigenvalue weighted by Gasteiger charge is 2.35. The minimum Gasteiger partial charge on any atom is -0.479 e. The molecule has 33 heavy (non-hydrogen) atoms. The van der Waals surface area contributed by atoms with Gasteiger partial charge < -0.3 is 25.6 Å². The lowest BCUT2D eigenvalue weighted by Crippen LogP contribution is -2.52. The average Bonchev–Trinajstić information content (AvgIpc) is 3.56. The summed E-state index contributed by atoms with van der Waals surface area (Å²) in [4.78, 5) is 36.3. The fraction of sp³-hybridized carbons (Fsp3) is 0.400. The van der Waals surface area contributed by atoms with Crippen molar-refractivity contribution >= 4 is 18.0 Å². The molecule has 174 valence electrons. The Balaban J connectivity index is 1.38. The molecular weight excluding hydrogens is 424 g/mol. The summed E-state index contributed by atoms with van der Waals surface area (Å²) in [6.07, 6.45) is 1.68. The van der Waals surface area contributed by atoms with E-state index >= 15 is 0 Å². The molecule has 0 saturated heterocycles. The normalized spacial score (nSPS) is 17.3. The summed E-state index contributed by atoms with van der Waals surface area (Å²) >= 11 is 0. The van der Waals surface area contributed by atoms with Crippen LogP contribution in [0.5, 0.6) is 0 Å². The zero-order valence-electron chi connectivity index (χ0n) is 18.4. The van der Waals surface area contributed by atoms with Gasteiger partial charge in [0.1, 0.15) is 12.6 Å². The Labute approximate surface area is 192 Å². The van der Waals surface area contributed by atoms with Crippen LogP contribution >= 0.6 is 0 Å². The summed E-state index contributed by atoms with van der Waals surface area (Å²) in [5.74, 6) is -1.75. The lowest BCUT2D eigenvalue weighted by Gasteiger charge is -2.22. The molecule has 8 heteroatoms. The smallest absolute Gasteiger partial charge is 0.407 e. The molecule has 2 amide bonds. The van der Waals surface area contributed by atoms with E-state index in [9.17, 15) is 19.5 Å². The number of amides is 2. The Kier molecular flexibility index (Phi) is 6.37. The van der Waals surface area contributed by atoms with Crippen molar-refractivity contribution < 1.29 is 29.3 Å². The van der Waals surface area contributed by atoms with E-state index in [0.29, 0.717) is 12.3 Å². The van der Waals surface area contributed by atoms with Crippen molar-refractivity contribution in [3.05, 3.63) is 59.7 Å². The maximum absolute atomic E-state index is 12.6. The Morgan fingerprint density at radius 1 is 1.06 bits per heavy atom. The highest BCUT2D eigenvalue weighted by molar-refractivity contribution is 5.87. The number of nitrogens with one attached hydrogen (secondary N) is 2. The second-order valence-corrected chi connectivity index (χ2v) is 9.00. The number of fused-ring (bicyclic) bond motifs is 3. The molecule has 2 aromatic rings. The molecule has 2 atom stereocenters. The molecule has 1 saturated carbocycles. The largest absolute Gasteiger partial charge is 0.479 e. The van der Waals surface area contributed by atoms with Crippen LogP contribution in [0.25, 0.3) is 11.1 Å². The van der Waals surface area contributed by atoms with E-state index in [2.05, 4.69) is 22.8 Å². The molecule has 0 radical (unpaired) electrons. The molecule has 8 nitrogen and oxygen atoms in total. The molecule has 0 spiro atoms. The molecule has 0 bridgehead atoms. The van der Waals surface area contributed by atoms with E-state index in [1.165, 1.54) is 0 Å². The van der Waals surface area contributed by atoms with Crippen molar-refractivity contribution in [2.24, 2.45) is 5.92 Å². The highest BCUT2D eigenvalue weighted by Crippen LogP contribution is 2.44. The Morgan fingerprint density at radius 3 is 2.18 bits per heavy atom. The van der Waals surface area contributed by atoms with Crippen molar-refractivity contribution in [1.29, 1.82) is 0 Å². The van der Waals surface area contributed by atoms with Crippen LogP contribution in [0, 0.1) is 5.92 Å². The monoisotopic (exact) mass is 452 g/mol. The predicted octanol–water partition coefficient (Wildman–Crippen LogP) is 2.65. The van der Waals surface area contributed by atoms with Crippen LogP contribution in [0.1, 0.15) is 43.2 Å². The van der Waals surface area contributed by atoms with Gasteiger partial charge in [0.15, 0.2) is 5.60 Å². The van der Waals surface area contributed by atoms with Gasteiger partial charge in [0.25, 0.3) is 0 Å². The predicted molar refractivity (Wildman–Crippen MR) is 121 cm³/mol. The van der Waals surface area contributed by atoms with E-state index in [1.54, 1.807) is 0 Å². The van der Waals surface area contributed by atoms with Gasteiger partial charge >= 0.3 is 12.1 Å². The van der Waals surface area contributed by atoms with Crippen LogP contribution in [0.15, 0.2) is 48.5 Å². The average molecular weight is 453 g/mol. The summed E-state index contributed by atoms with van der Waals surface area (Å²) in [7, 11) is 0. The summed E-state index contributed by atoms with van der Waals surface area (Å²) in [5.41, 5.74) is 2.34. The molecule has 0 heterocycles. The standard InChI is InChI=1S/C25H28N2O6/c1-25(32,23(29)30)14-26-22(28)21(12-15-10-11-15)27-24(31)33-13-20-18-8-4-2-6-16(18)17-7-3-5-9-19(17)20/h2-9,15,20-21,32H,10-14H2,1H3,(H,26,28)(H,27,31)(H,29,30). The third-order valence-corrected chi connectivity index (χ3v) is 6.29. The molecule has 0 aromatic heterocycles. The Hall–Kier alpha value is -3.39. The quantitative estimate of drug-likeness (QED) is 0.464. The van der Waals surface area contributed by atoms with Crippen LogP contribution in [0.3, 0.4) is 0 Å². The number of hydrogen-bond donors (Lipinski definition) is 4. The number of alkyl carbamates (subject to hydrolysis) is 1. The molecular formula is C25H28N2O6. The summed E-state index contributed by atoms with van der Waals surface area (Å²) in [5, 5.41) is 23.9. The first-order valence-corrected chi connectivity index (χ1v) is 11.1. The first-order valence-electron chi connectivity index (χ1n) is 11.1. The minimum absolute atomic E-state index is 0.0930. The van der Waals surface area contributed by atoms with Crippen LogP contribution in [-0.2, 0) is 14.3 Å². The zero-order valence-corrected chi connectivity index (χ0v) is 18.4. The maximum Gasteiger partial charge on any atom is 0.407 e. The van der Waals surface area contributed by atoms with Gasteiger partial charge in [-0.1, -0.05) is 61.4 Å². The van der Waals surface area contributed by atoms with Gasteiger partial charge in [-0.2, -0.15) is 0 Å². The van der Waals surface area contributed by atoms with E-state index in [1.807, 2.05) is 36.4 Å². The molecule has 4 N–H and O–H groups in total. The molecule has 2 aliphatic rings. The van der Waals surface area contributed by atoms with E-state index in [0.717, 1.165) is 42.0 Å². The Morgan fingerprint density at radius 2 is 1.64 bits per heavy atom. The third-order valence-electron chi connectivity index (χ3n) is 6.29. The lowest BCUT2D eigenvalue weighted by atomic mass is 9.98. The molecule has 4 rings (SSSR count). The lowest BCUT2D eigenvalue weighted by molar-refractivity contribution is -0.156. The van der Waals surface area contributed by atoms with Gasteiger partial charge in [0.2, 0.25) is 5.91 Å². The van der Waals surface area contributed by atoms with Gasteiger partial charge in [-0.25, -0.2) is 9.59 Å². The topological polar surface area (TPSA) is 125 Å². The number of hydrogen-bond acceptors (Lipinski definition) is 5. The van der Waals surface area contributed by atoms with Crippen molar-refractivity contribution in [2.75, 3.05) is 13.2 Å². The van der Waals surface area contributed by atoms with Gasteiger partial charge in [0.05, 0.1) is 6.54 Å². The van der Waals surface area contributed by atoms with Gasteiger partial charge in [-0.3, -0.25) is 4.79 Å². The minimum atomic E-state index is -2.09. The molecule has 2 aliphatic carbocycles. The number of carbonyl (C=O) groups is 3. The number of ether oxygens (including phenoxy) is 1. The number of aliphatic carboxylic acids is 1. The molecule has 1 fully saturated rings. The van der Waals surface area contributed by atoms with Crippen molar-refractivity contribution in [3.63, 3.8) is 0 Å². The van der Waals surface area contributed by atoms with E-state index < -0.39 is 36.2 Å². The first kappa shape index (κ1) is 22.8. The second kappa shape index (κ2) is 9.23. The molecule has 2 aromatic carbocycles. The van der Waals surface area contributed by atoms with Gasteiger partial charge in [-0.05, 0) is 41.5 Å². The SMILES string of the molecule is CC(O)(CNC(=O)C(CC1CC1)NC(=O)OCC1c2ccccc2-c2ccccc21)C(=O)O.